The largest absolute Gasteiger partial charge is 0.372 e. The van der Waals surface area contributed by atoms with Gasteiger partial charge < -0.3 is 9.80 Å². The molecule has 4 rings (SSSR count). The minimum Gasteiger partial charge on any atom is -0.372 e. The highest BCUT2D eigenvalue weighted by Gasteiger charge is 2.24. The standard InChI is InChI=1S/C23H30N2/c1-3-24(4-2)22-11-9-18(10-12-22)15-19-16-20-7-5-13-25-14-6-8-21(17-19)23(20)25/h9-12,16-17H,3-8,13-15H2,1-2H3. The Morgan fingerprint density at radius 3 is 2.00 bits per heavy atom. The molecule has 0 amide bonds. The van der Waals surface area contributed by atoms with E-state index in [2.05, 4.69) is 60.0 Å². The predicted octanol–water partition coefficient (Wildman–Crippen LogP) is 4.82. The molecule has 0 bridgehead atoms. The quantitative estimate of drug-likeness (QED) is 0.773. The molecule has 2 heterocycles. The smallest absolute Gasteiger partial charge is 0.0431 e. The summed E-state index contributed by atoms with van der Waals surface area (Å²) in [5.74, 6) is 0. The number of hydrogen-bond acceptors (Lipinski definition) is 2. The lowest BCUT2D eigenvalue weighted by molar-refractivity contribution is 0.633. The highest BCUT2D eigenvalue weighted by atomic mass is 15.1. The lowest BCUT2D eigenvalue weighted by Gasteiger charge is -2.37. The first-order valence-corrected chi connectivity index (χ1v) is 10.0. The van der Waals surface area contributed by atoms with Gasteiger partial charge in [-0.25, -0.2) is 0 Å². The molecule has 2 aliphatic rings. The zero-order chi connectivity index (χ0) is 17.2. The van der Waals surface area contributed by atoms with E-state index in [4.69, 9.17) is 0 Å². The van der Waals surface area contributed by atoms with Gasteiger partial charge in [0.05, 0.1) is 0 Å². The molecule has 2 aromatic rings. The molecule has 25 heavy (non-hydrogen) atoms. The normalized spacial score (nSPS) is 15.8. The first kappa shape index (κ1) is 16.5. The van der Waals surface area contributed by atoms with Gasteiger partial charge in [-0.15, -0.1) is 0 Å². The van der Waals surface area contributed by atoms with E-state index in [0.29, 0.717) is 0 Å². The molecule has 0 aliphatic carbocycles. The Labute approximate surface area is 152 Å². The van der Waals surface area contributed by atoms with E-state index >= 15 is 0 Å². The van der Waals surface area contributed by atoms with Crippen molar-refractivity contribution in [3.05, 3.63) is 58.7 Å². The van der Waals surface area contributed by atoms with E-state index in [9.17, 15) is 0 Å². The average molecular weight is 335 g/mol. The van der Waals surface area contributed by atoms with Crippen molar-refractivity contribution >= 4 is 11.4 Å². The molecular formula is C23H30N2. The fourth-order valence-electron chi connectivity index (χ4n) is 4.63. The Bertz CT molecular complexity index is 697. The van der Waals surface area contributed by atoms with Gasteiger partial charge in [-0.2, -0.15) is 0 Å². The lowest BCUT2D eigenvalue weighted by atomic mass is 9.88. The fourth-order valence-corrected chi connectivity index (χ4v) is 4.63. The second kappa shape index (κ2) is 7.11. The van der Waals surface area contributed by atoms with E-state index in [1.165, 1.54) is 55.6 Å². The van der Waals surface area contributed by atoms with Crippen molar-refractivity contribution in [2.45, 2.75) is 46.0 Å². The van der Waals surface area contributed by atoms with E-state index < -0.39 is 0 Å². The minimum atomic E-state index is 1.05. The highest BCUT2D eigenvalue weighted by Crippen LogP contribution is 2.36. The second-order valence-electron chi connectivity index (χ2n) is 7.47. The van der Waals surface area contributed by atoms with Crippen LogP contribution in [0.3, 0.4) is 0 Å². The Balaban J connectivity index is 1.57. The van der Waals surface area contributed by atoms with E-state index in [1.807, 2.05) is 0 Å². The molecule has 0 saturated heterocycles. The van der Waals surface area contributed by atoms with E-state index in [1.54, 1.807) is 16.8 Å². The molecule has 2 aliphatic heterocycles. The summed E-state index contributed by atoms with van der Waals surface area (Å²) in [6, 6.07) is 14.2. The third-order valence-corrected chi connectivity index (χ3v) is 5.87. The molecule has 0 radical (unpaired) electrons. The highest BCUT2D eigenvalue weighted by molar-refractivity contribution is 5.64. The van der Waals surface area contributed by atoms with Gasteiger partial charge in [-0.05, 0) is 80.3 Å². The van der Waals surface area contributed by atoms with Crippen LogP contribution in [0.5, 0.6) is 0 Å². The van der Waals surface area contributed by atoms with Crippen LogP contribution in [0.2, 0.25) is 0 Å². The van der Waals surface area contributed by atoms with Gasteiger partial charge in [0.2, 0.25) is 0 Å². The topological polar surface area (TPSA) is 6.48 Å². The molecule has 2 nitrogen and oxygen atoms in total. The van der Waals surface area contributed by atoms with Crippen LogP contribution < -0.4 is 9.80 Å². The van der Waals surface area contributed by atoms with Crippen LogP contribution in [0.15, 0.2) is 36.4 Å². The summed E-state index contributed by atoms with van der Waals surface area (Å²) in [4.78, 5) is 5.03. The Morgan fingerprint density at radius 2 is 1.44 bits per heavy atom. The molecule has 0 spiro atoms. The molecule has 0 aromatic heterocycles. The summed E-state index contributed by atoms with van der Waals surface area (Å²) in [6.45, 7) is 9.10. The maximum absolute atomic E-state index is 2.63. The molecule has 0 unspecified atom stereocenters. The molecule has 0 fully saturated rings. The van der Waals surface area contributed by atoms with Crippen LogP contribution in [0.4, 0.5) is 11.4 Å². The fraction of sp³-hybridized carbons (Fsp3) is 0.478. The SMILES string of the molecule is CCN(CC)c1ccc(Cc2cc3c4c(c2)CCCN4CCC3)cc1. The van der Waals surface area contributed by atoms with Gasteiger partial charge in [0.25, 0.3) is 0 Å². The van der Waals surface area contributed by atoms with Crippen LogP contribution >= 0.6 is 0 Å². The van der Waals surface area contributed by atoms with Crippen molar-refractivity contribution in [1.29, 1.82) is 0 Å². The van der Waals surface area contributed by atoms with E-state index in [0.717, 1.165) is 19.5 Å². The summed E-state index contributed by atoms with van der Waals surface area (Å²) in [6.07, 6.45) is 6.20. The minimum absolute atomic E-state index is 1.05. The van der Waals surface area contributed by atoms with Gasteiger partial charge in [0, 0.05) is 37.6 Å². The zero-order valence-electron chi connectivity index (χ0n) is 15.7. The number of nitrogens with zero attached hydrogens (tertiary/aromatic N) is 2. The van der Waals surface area contributed by atoms with Crippen LogP contribution in [-0.2, 0) is 19.3 Å². The molecule has 0 N–H and O–H groups in total. The molecule has 2 aromatic carbocycles. The van der Waals surface area contributed by atoms with Gasteiger partial charge >= 0.3 is 0 Å². The first-order valence-electron chi connectivity index (χ1n) is 10.0. The van der Waals surface area contributed by atoms with Crippen LogP contribution in [0.25, 0.3) is 0 Å². The molecule has 2 heteroatoms. The van der Waals surface area contributed by atoms with Crippen LogP contribution in [-0.4, -0.2) is 26.2 Å². The van der Waals surface area contributed by atoms with Crippen molar-refractivity contribution in [1.82, 2.24) is 0 Å². The molecule has 0 saturated carbocycles. The zero-order valence-corrected chi connectivity index (χ0v) is 15.7. The summed E-state index contributed by atoms with van der Waals surface area (Å²) < 4.78 is 0. The Hall–Kier alpha value is -1.96. The predicted molar refractivity (Wildman–Crippen MR) is 108 cm³/mol. The summed E-state index contributed by atoms with van der Waals surface area (Å²) >= 11 is 0. The molecular weight excluding hydrogens is 304 g/mol. The number of rotatable bonds is 5. The summed E-state index contributed by atoms with van der Waals surface area (Å²) in [7, 11) is 0. The van der Waals surface area contributed by atoms with Crippen molar-refractivity contribution in [3.8, 4) is 0 Å². The molecule has 0 atom stereocenters. The van der Waals surface area contributed by atoms with Crippen molar-refractivity contribution in [2.24, 2.45) is 0 Å². The monoisotopic (exact) mass is 334 g/mol. The van der Waals surface area contributed by atoms with Crippen LogP contribution in [0.1, 0.15) is 48.9 Å². The van der Waals surface area contributed by atoms with Gasteiger partial charge in [-0.3, -0.25) is 0 Å². The summed E-state index contributed by atoms with van der Waals surface area (Å²) in [5, 5.41) is 0. The third-order valence-electron chi connectivity index (χ3n) is 5.87. The number of aryl methyl sites for hydroxylation is 2. The Morgan fingerprint density at radius 1 is 0.840 bits per heavy atom. The van der Waals surface area contributed by atoms with Gasteiger partial charge in [0.15, 0.2) is 0 Å². The lowest BCUT2D eigenvalue weighted by Crippen LogP contribution is -2.34. The maximum atomic E-state index is 2.63. The summed E-state index contributed by atoms with van der Waals surface area (Å²) in [5.41, 5.74) is 9.03. The first-order chi connectivity index (χ1) is 12.3. The number of anilines is 2. The Kier molecular flexibility index (Phi) is 4.70. The second-order valence-corrected chi connectivity index (χ2v) is 7.47. The van der Waals surface area contributed by atoms with E-state index in [-0.39, 0.29) is 0 Å². The average Bonchev–Trinajstić information content (AvgIpc) is 2.64. The maximum Gasteiger partial charge on any atom is 0.0431 e. The number of hydrogen-bond donors (Lipinski definition) is 0. The third kappa shape index (κ3) is 3.27. The molecule has 132 valence electrons. The van der Waals surface area contributed by atoms with Crippen molar-refractivity contribution in [2.75, 3.05) is 36.0 Å². The van der Waals surface area contributed by atoms with Crippen molar-refractivity contribution < 1.29 is 0 Å². The number of benzene rings is 2. The van der Waals surface area contributed by atoms with Gasteiger partial charge in [0.1, 0.15) is 0 Å². The van der Waals surface area contributed by atoms with Crippen molar-refractivity contribution in [3.63, 3.8) is 0 Å². The van der Waals surface area contributed by atoms with Gasteiger partial charge in [-0.1, -0.05) is 24.3 Å². The van der Waals surface area contributed by atoms with Crippen LogP contribution in [0, 0.1) is 0 Å².